The molecule has 0 unspecified atom stereocenters. The number of amides is 4. The van der Waals surface area contributed by atoms with Crippen LogP contribution < -0.4 is 14.8 Å². The summed E-state index contributed by atoms with van der Waals surface area (Å²) in [6, 6.07) is 10.2. The molecule has 0 radical (unpaired) electrons. The van der Waals surface area contributed by atoms with E-state index in [4.69, 9.17) is 16.3 Å². The number of rotatable bonds is 9. The lowest BCUT2D eigenvalue weighted by molar-refractivity contribution is -0.125. The second-order valence-corrected chi connectivity index (χ2v) is 9.34. The standard InChI is InChI=1S/C21H23ClN4O6S/c1-25-13-20(28)26(21(25)29)11-5-8-19(27)23-14-9-10-17(32-2)18(12-14)33(30,31)24-16-7-4-3-6-15(16)22/h3-4,6-7,9-10,12,24H,5,8,11,13H2,1-2H3,(H,23,27). The van der Waals surface area contributed by atoms with Crippen LogP contribution in [0.4, 0.5) is 16.2 Å². The van der Waals surface area contributed by atoms with Crippen molar-refractivity contribution in [1.82, 2.24) is 9.80 Å². The molecule has 4 amide bonds. The van der Waals surface area contributed by atoms with E-state index in [9.17, 15) is 22.8 Å². The van der Waals surface area contributed by atoms with Crippen molar-refractivity contribution >= 4 is 50.8 Å². The minimum absolute atomic E-state index is 0.0242. The third-order valence-corrected chi connectivity index (χ3v) is 6.59. The van der Waals surface area contributed by atoms with Crippen LogP contribution >= 0.6 is 11.6 Å². The Balaban J connectivity index is 1.67. The number of benzene rings is 2. The van der Waals surface area contributed by atoms with Crippen LogP contribution in [0.2, 0.25) is 5.02 Å². The highest BCUT2D eigenvalue weighted by Gasteiger charge is 2.32. The summed E-state index contributed by atoms with van der Waals surface area (Å²) in [7, 11) is -1.22. The van der Waals surface area contributed by atoms with Gasteiger partial charge in [-0.05, 0) is 36.8 Å². The largest absolute Gasteiger partial charge is 0.495 e. The van der Waals surface area contributed by atoms with E-state index in [-0.39, 0.29) is 58.9 Å². The van der Waals surface area contributed by atoms with Crippen LogP contribution in [-0.2, 0) is 19.6 Å². The number of halogens is 1. The summed E-state index contributed by atoms with van der Waals surface area (Å²) in [6.07, 6.45) is 0.305. The van der Waals surface area contributed by atoms with Crippen LogP contribution in [0, 0.1) is 0 Å². The van der Waals surface area contributed by atoms with Gasteiger partial charge in [-0.3, -0.25) is 19.2 Å². The van der Waals surface area contributed by atoms with E-state index in [1.54, 1.807) is 18.2 Å². The molecule has 0 atom stereocenters. The lowest BCUT2D eigenvalue weighted by Crippen LogP contribution is -2.32. The van der Waals surface area contributed by atoms with E-state index in [1.165, 1.54) is 43.3 Å². The number of carbonyl (C=O) groups is 3. The molecule has 12 heteroatoms. The minimum Gasteiger partial charge on any atom is -0.495 e. The van der Waals surface area contributed by atoms with Crippen LogP contribution in [0.25, 0.3) is 0 Å². The first kappa shape index (κ1) is 24.3. The highest BCUT2D eigenvalue weighted by Crippen LogP contribution is 2.30. The number of nitrogens with one attached hydrogen (secondary N) is 2. The first-order valence-electron chi connectivity index (χ1n) is 9.93. The number of nitrogens with zero attached hydrogens (tertiary/aromatic N) is 2. The first-order chi connectivity index (χ1) is 15.6. The summed E-state index contributed by atoms with van der Waals surface area (Å²) in [6.45, 7) is 0.149. The molecule has 2 aromatic carbocycles. The third-order valence-electron chi connectivity index (χ3n) is 4.87. The first-order valence-corrected chi connectivity index (χ1v) is 11.8. The highest BCUT2D eigenvalue weighted by atomic mass is 35.5. The molecule has 0 aromatic heterocycles. The SMILES string of the molecule is COc1ccc(NC(=O)CCCN2C(=O)CN(C)C2=O)cc1S(=O)(=O)Nc1ccccc1Cl. The predicted octanol–water partition coefficient (Wildman–Crippen LogP) is 2.76. The fourth-order valence-corrected chi connectivity index (χ4v) is 4.73. The van der Waals surface area contributed by atoms with E-state index in [2.05, 4.69) is 10.0 Å². The average Bonchev–Trinajstić information content (AvgIpc) is 3.01. The smallest absolute Gasteiger partial charge is 0.326 e. The third kappa shape index (κ3) is 5.74. The Morgan fingerprint density at radius 2 is 1.91 bits per heavy atom. The number of para-hydroxylation sites is 1. The number of hydrogen-bond acceptors (Lipinski definition) is 6. The van der Waals surface area contributed by atoms with Crippen molar-refractivity contribution in [2.75, 3.05) is 37.3 Å². The molecule has 3 rings (SSSR count). The van der Waals surface area contributed by atoms with Crippen molar-refractivity contribution < 1.29 is 27.5 Å². The van der Waals surface area contributed by atoms with Gasteiger partial charge in [0, 0.05) is 25.7 Å². The maximum Gasteiger partial charge on any atom is 0.326 e. The molecule has 1 heterocycles. The summed E-state index contributed by atoms with van der Waals surface area (Å²) in [5.74, 6) is -0.614. The van der Waals surface area contributed by atoms with Crippen molar-refractivity contribution in [1.29, 1.82) is 0 Å². The van der Waals surface area contributed by atoms with Crippen LogP contribution in [0.1, 0.15) is 12.8 Å². The Morgan fingerprint density at radius 3 is 2.55 bits per heavy atom. The molecule has 0 spiro atoms. The summed E-state index contributed by atoms with van der Waals surface area (Å²) in [5.41, 5.74) is 0.445. The molecule has 1 aliphatic heterocycles. The maximum atomic E-state index is 12.9. The number of ether oxygens (including phenoxy) is 1. The normalized spacial score (nSPS) is 13.9. The number of sulfonamides is 1. The molecule has 10 nitrogen and oxygen atoms in total. The van der Waals surface area contributed by atoms with Crippen molar-refractivity contribution in [3.8, 4) is 5.75 Å². The van der Waals surface area contributed by atoms with Gasteiger partial charge >= 0.3 is 6.03 Å². The van der Waals surface area contributed by atoms with Gasteiger partial charge in [-0.2, -0.15) is 0 Å². The zero-order valence-corrected chi connectivity index (χ0v) is 19.6. The minimum atomic E-state index is -4.08. The van der Waals surface area contributed by atoms with Crippen molar-refractivity contribution in [2.24, 2.45) is 0 Å². The van der Waals surface area contributed by atoms with Gasteiger partial charge in [0.1, 0.15) is 17.2 Å². The van der Waals surface area contributed by atoms with Crippen LogP contribution in [-0.4, -0.2) is 63.3 Å². The molecular formula is C21H23ClN4O6S. The second-order valence-electron chi connectivity index (χ2n) is 7.29. The van der Waals surface area contributed by atoms with E-state index in [0.29, 0.717) is 0 Å². The van der Waals surface area contributed by atoms with Gasteiger partial charge in [0.2, 0.25) is 11.8 Å². The van der Waals surface area contributed by atoms with E-state index >= 15 is 0 Å². The number of methoxy groups -OCH3 is 1. The van der Waals surface area contributed by atoms with Gasteiger partial charge in [-0.1, -0.05) is 23.7 Å². The molecule has 1 aliphatic rings. The fraction of sp³-hybridized carbons (Fsp3) is 0.286. The highest BCUT2D eigenvalue weighted by molar-refractivity contribution is 7.92. The molecule has 1 fully saturated rings. The molecule has 2 aromatic rings. The van der Waals surface area contributed by atoms with Gasteiger partial charge < -0.3 is 15.0 Å². The topological polar surface area (TPSA) is 125 Å². The van der Waals surface area contributed by atoms with Crippen molar-refractivity contribution in [3.63, 3.8) is 0 Å². The molecule has 1 saturated heterocycles. The molecule has 2 N–H and O–H groups in total. The monoisotopic (exact) mass is 494 g/mol. The van der Waals surface area contributed by atoms with Gasteiger partial charge in [0.05, 0.1) is 17.8 Å². The van der Waals surface area contributed by atoms with Gasteiger partial charge in [0.25, 0.3) is 10.0 Å². The number of likely N-dealkylation sites (N-methyl/N-ethyl adjacent to an activating group) is 1. The summed E-state index contributed by atoms with van der Waals surface area (Å²) < 4.78 is 33.5. The molecule has 0 bridgehead atoms. The number of imide groups is 1. The maximum absolute atomic E-state index is 12.9. The predicted molar refractivity (Wildman–Crippen MR) is 123 cm³/mol. The molecular weight excluding hydrogens is 472 g/mol. The van der Waals surface area contributed by atoms with Crippen LogP contribution in [0.15, 0.2) is 47.4 Å². The fourth-order valence-electron chi connectivity index (χ4n) is 3.22. The summed E-state index contributed by atoms with van der Waals surface area (Å²) in [4.78, 5) is 38.2. The number of urea groups is 1. The number of hydrogen-bond donors (Lipinski definition) is 2. The quantitative estimate of drug-likeness (QED) is 0.516. The van der Waals surface area contributed by atoms with E-state index in [1.807, 2.05) is 0 Å². The zero-order valence-electron chi connectivity index (χ0n) is 18.0. The van der Waals surface area contributed by atoms with Crippen molar-refractivity contribution in [2.45, 2.75) is 17.7 Å². The number of anilines is 2. The Kier molecular flexibility index (Phi) is 7.44. The molecule has 176 valence electrons. The van der Waals surface area contributed by atoms with Gasteiger partial charge in [0.15, 0.2) is 0 Å². The summed E-state index contributed by atoms with van der Waals surface area (Å²) in [5, 5.41) is 2.85. The lowest BCUT2D eigenvalue weighted by Gasteiger charge is -2.15. The van der Waals surface area contributed by atoms with Crippen LogP contribution in [0.5, 0.6) is 5.75 Å². The van der Waals surface area contributed by atoms with E-state index in [0.717, 1.165) is 4.90 Å². The Bertz CT molecular complexity index is 1190. The Morgan fingerprint density at radius 1 is 1.18 bits per heavy atom. The molecule has 33 heavy (non-hydrogen) atoms. The van der Waals surface area contributed by atoms with Gasteiger partial charge in [-0.25, -0.2) is 13.2 Å². The van der Waals surface area contributed by atoms with Crippen LogP contribution in [0.3, 0.4) is 0 Å². The Labute approximate surface area is 196 Å². The summed E-state index contributed by atoms with van der Waals surface area (Å²) >= 11 is 6.05. The number of carbonyl (C=O) groups excluding carboxylic acids is 3. The van der Waals surface area contributed by atoms with Gasteiger partial charge in [-0.15, -0.1) is 0 Å². The molecule has 0 aliphatic carbocycles. The average molecular weight is 495 g/mol. The second kappa shape index (κ2) is 10.1. The molecule has 0 saturated carbocycles. The van der Waals surface area contributed by atoms with Crippen molar-refractivity contribution in [3.05, 3.63) is 47.5 Å². The Hall–Kier alpha value is -3.31. The zero-order chi connectivity index (χ0) is 24.2. The lowest BCUT2D eigenvalue weighted by atomic mass is 10.2. The van der Waals surface area contributed by atoms with E-state index < -0.39 is 22.0 Å².